The third kappa shape index (κ3) is 14.6. The van der Waals surface area contributed by atoms with Gasteiger partial charge < -0.3 is 9.13 Å². The number of hydrogen-bond donors (Lipinski definition) is 0. The molecule has 0 aliphatic carbocycles. The minimum Gasteiger partial charge on any atom is -0.309 e. The molecule has 0 radical (unpaired) electrons. The first-order chi connectivity index (χ1) is 67.4. The number of pyridine rings is 2. The molecule has 26 rings (SSSR count). The molecule has 0 saturated heterocycles. The number of rotatable bonds is 16. The lowest BCUT2D eigenvalue weighted by Gasteiger charge is -2.18. The Bertz CT molecular complexity index is 8820. The van der Waals surface area contributed by atoms with Gasteiger partial charge in [-0.25, -0.2) is 29.9 Å². The maximum Gasteiger partial charge on any atom is 0.166 e. The lowest BCUT2D eigenvalue weighted by Crippen LogP contribution is -2.02. The number of fused-ring (bicyclic) bond motifs is 12. The number of thiophene rings is 2. The minimum absolute atomic E-state index is 0.549. The van der Waals surface area contributed by atoms with Crippen LogP contribution in [0.2, 0.25) is 0 Å². The van der Waals surface area contributed by atoms with Gasteiger partial charge in [0.2, 0.25) is 0 Å². The van der Waals surface area contributed by atoms with Gasteiger partial charge in [0, 0.05) is 141 Å². The van der Waals surface area contributed by atoms with Gasteiger partial charge in [0.05, 0.1) is 33.5 Å². The number of aromatic nitrogens is 10. The van der Waals surface area contributed by atoms with Crippen molar-refractivity contribution in [3.8, 4) is 169 Å². The Morgan fingerprint density at radius 3 is 0.882 bits per heavy atom. The maximum absolute atomic E-state index is 5.54. The van der Waals surface area contributed by atoms with E-state index >= 15 is 0 Å². The van der Waals surface area contributed by atoms with Crippen LogP contribution >= 0.6 is 22.7 Å². The molecule has 0 N–H and O–H groups in total. The Morgan fingerprint density at radius 1 is 0.169 bits per heavy atom. The van der Waals surface area contributed by atoms with Gasteiger partial charge in [0.15, 0.2) is 34.9 Å². The van der Waals surface area contributed by atoms with E-state index in [1.54, 1.807) is 0 Å². The van der Waals surface area contributed by atoms with Crippen molar-refractivity contribution in [1.29, 1.82) is 0 Å². The van der Waals surface area contributed by atoms with Crippen molar-refractivity contribution < 1.29 is 0 Å². The van der Waals surface area contributed by atoms with Gasteiger partial charge >= 0.3 is 0 Å². The second-order valence-corrected chi connectivity index (χ2v) is 36.1. The SMILES string of the molecule is c1ccc(-c2nc(-c3ccccc3)nc(-c3cc(-c4c(-c5ccccc5)cccc4-c4ccccc4)cnc3-c3ccc4c(c3)sc3cc5c(cc34)c3ccccc3n5-c3ccccc3)n2)cc1.c1ccc(-c2nc(-c3ccccc3)nc(-c3cc(-c4c(-c5ccccc5)cccc4-c4ccccc4)cnc3-c3cccc4c3sc3cc5c(cc34)c3ccccc3n5-c3ccccc3)n2)cc1. The van der Waals surface area contributed by atoms with Crippen LogP contribution in [0.25, 0.3) is 253 Å². The van der Waals surface area contributed by atoms with Gasteiger partial charge in [-0.3, -0.25) is 9.97 Å². The summed E-state index contributed by atoms with van der Waals surface area (Å²) in [5.74, 6) is 3.48. The Morgan fingerprint density at radius 2 is 0.478 bits per heavy atom. The highest BCUT2D eigenvalue weighted by atomic mass is 32.1. The summed E-state index contributed by atoms with van der Waals surface area (Å²) < 4.78 is 9.56. The first kappa shape index (κ1) is 80.4. The molecule has 0 atom stereocenters. The fourth-order valence-electron chi connectivity index (χ4n) is 19.5. The second-order valence-electron chi connectivity index (χ2n) is 33.9. The second kappa shape index (κ2) is 34.6. The van der Waals surface area contributed by atoms with Crippen LogP contribution < -0.4 is 0 Å². The lowest BCUT2D eigenvalue weighted by molar-refractivity contribution is 1.07. The zero-order chi connectivity index (χ0) is 89.9. The van der Waals surface area contributed by atoms with Crippen molar-refractivity contribution >= 4 is 107 Å². The minimum atomic E-state index is 0.549. The molecular formula is C124H78N10S2. The third-order valence-electron chi connectivity index (χ3n) is 25.8. The zero-order valence-corrected chi connectivity index (χ0v) is 75.0. The molecule has 26 aromatic rings. The van der Waals surface area contributed by atoms with Gasteiger partial charge in [-0.15, -0.1) is 22.7 Å². The van der Waals surface area contributed by atoms with Crippen molar-refractivity contribution in [3.63, 3.8) is 0 Å². The molecule has 0 spiro atoms. The Kier molecular flexibility index (Phi) is 20.4. The number of nitrogens with zero attached hydrogens (tertiary/aromatic N) is 10. The van der Waals surface area contributed by atoms with E-state index in [4.69, 9.17) is 39.9 Å². The molecule has 18 aromatic carbocycles. The molecule has 0 fully saturated rings. The number of para-hydroxylation sites is 4. The Hall–Kier alpha value is -17.7. The van der Waals surface area contributed by atoms with Crippen molar-refractivity contribution in [2.24, 2.45) is 0 Å². The first-order valence-electron chi connectivity index (χ1n) is 45.6. The van der Waals surface area contributed by atoms with Crippen LogP contribution in [0.1, 0.15) is 0 Å². The monoisotopic (exact) mass is 1770 g/mol. The maximum atomic E-state index is 5.54. The van der Waals surface area contributed by atoms with Gasteiger partial charge in [-0.2, -0.15) is 0 Å². The molecular weight excluding hydrogens is 1690 g/mol. The Labute approximate surface area is 792 Å². The molecule has 8 aromatic heterocycles. The van der Waals surface area contributed by atoms with E-state index in [1.165, 1.54) is 79.3 Å². The normalized spacial score (nSPS) is 11.5. The van der Waals surface area contributed by atoms with Crippen molar-refractivity contribution in [1.82, 2.24) is 49.0 Å². The molecule has 8 heterocycles. The van der Waals surface area contributed by atoms with Crippen LogP contribution in [-0.2, 0) is 0 Å². The van der Waals surface area contributed by atoms with E-state index in [0.29, 0.717) is 34.9 Å². The predicted octanol–water partition coefficient (Wildman–Crippen LogP) is 32.8. The van der Waals surface area contributed by atoms with E-state index in [1.807, 2.05) is 108 Å². The molecule has 136 heavy (non-hydrogen) atoms. The van der Waals surface area contributed by atoms with E-state index in [-0.39, 0.29) is 0 Å². The van der Waals surface area contributed by atoms with E-state index in [0.717, 1.165) is 139 Å². The fraction of sp³-hybridized carbons (Fsp3) is 0. The van der Waals surface area contributed by atoms with Crippen LogP contribution in [0, 0.1) is 0 Å². The molecule has 10 nitrogen and oxygen atoms in total. The average molecular weight is 1770 g/mol. The third-order valence-corrected chi connectivity index (χ3v) is 28.1. The summed E-state index contributed by atoms with van der Waals surface area (Å²) in [6.45, 7) is 0. The zero-order valence-electron chi connectivity index (χ0n) is 73.3. The topological polar surface area (TPSA) is 113 Å². The van der Waals surface area contributed by atoms with Gasteiger partial charge in [0.1, 0.15) is 0 Å². The smallest absolute Gasteiger partial charge is 0.166 e. The number of benzene rings is 18. The lowest BCUT2D eigenvalue weighted by atomic mass is 9.87. The predicted molar refractivity (Wildman–Crippen MR) is 566 cm³/mol. The van der Waals surface area contributed by atoms with E-state index < -0.39 is 0 Å². The van der Waals surface area contributed by atoms with Crippen LogP contribution in [0.15, 0.2) is 473 Å². The molecule has 0 bridgehead atoms. The molecule has 0 aliphatic rings. The Balaban J connectivity index is 0.000000145. The van der Waals surface area contributed by atoms with Crippen LogP contribution in [0.4, 0.5) is 0 Å². The van der Waals surface area contributed by atoms with Crippen molar-refractivity contribution in [3.05, 3.63) is 473 Å². The highest BCUT2D eigenvalue weighted by Gasteiger charge is 2.28. The summed E-state index contributed by atoms with van der Waals surface area (Å²) >= 11 is 3.63. The van der Waals surface area contributed by atoms with E-state index in [2.05, 4.69) is 397 Å². The average Bonchev–Trinajstić information content (AvgIpc) is 1.59. The van der Waals surface area contributed by atoms with Gasteiger partial charge in [0.25, 0.3) is 0 Å². The van der Waals surface area contributed by atoms with Gasteiger partial charge in [-0.05, 0) is 134 Å². The standard InChI is InChI=1S/2C62H39N5S/c1-6-20-40(21-7-1)46-31-18-32-47(41-22-8-2-9-23-41)57(46)44-36-53(62-65-60(42-24-10-3-11-25-42)64-61(66-62)43-26-12-4-13-27-43)58(63-39-44)50-34-19-33-49-52-37-51-48-30-16-17-35-54(48)67(45-28-14-5-15-29-45)55(51)38-56(52)68-59(49)50;1-6-19-40(20-7-1)47-30-18-31-48(41-21-8-2-9-22-41)58(47)45-35-53(62-65-60(42-23-10-3-11-24-42)64-61(66-62)43-25-12-4-13-26-43)59(63-39-45)44-33-34-50-52-37-51-49-29-16-17-32-54(49)67(46-27-14-5-15-28-46)55(51)38-57(52)68-56(50)36-44/h2*1-39H. The molecule has 0 amide bonds. The highest BCUT2D eigenvalue weighted by molar-refractivity contribution is 7.26. The van der Waals surface area contributed by atoms with Crippen LogP contribution in [-0.4, -0.2) is 49.0 Å². The fourth-order valence-corrected chi connectivity index (χ4v) is 21.9. The summed E-state index contributed by atoms with van der Waals surface area (Å²) in [6.07, 6.45) is 4.07. The summed E-state index contributed by atoms with van der Waals surface area (Å²) in [6, 6.07) is 162. The van der Waals surface area contributed by atoms with Crippen molar-refractivity contribution in [2.75, 3.05) is 0 Å². The molecule has 636 valence electrons. The van der Waals surface area contributed by atoms with Crippen LogP contribution in [0.5, 0.6) is 0 Å². The van der Waals surface area contributed by atoms with Gasteiger partial charge in [-0.1, -0.05) is 382 Å². The first-order valence-corrected chi connectivity index (χ1v) is 47.2. The molecule has 0 aliphatic heterocycles. The number of hydrogen-bond acceptors (Lipinski definition) is 10. The highest BCUT2D eigenvalue weighted by Crippen LogP contribution is 2.51. The molecule has 0 saturated carbocycles. The largest absolute Gasteiger partial charge is 0.309 e. The molecule has 12 heteroatoms. The summed E-state index contributed by atoms with van der Waals surface area (Å²) in [5.41, 5.74) is 29.0. The summed E-state index contributed by atoms with van der Waals surface area (Å²) in [4.78, 5) is 42.4. The van der Waals surface area contributed by atoms with Crippen LogP contribution in [0.3, 0.4) is 0 Å². The summed E-state index contributed by atoms with van der Waals surface area (Å²) in [5, 5.41) is 9.80. The van der Waals surface area contributed by atoms with E-state index in [9.17, 15) is 0 Å². The molecule has 0 unspecified atom stereocenters. The summed E-state index contributed by atoms with van der Waals surface area (Å²) in [7, 11) is 0. The quantitative estimate of drug-likeness (QED) is 0.0940. The van der Waals surface area contributed by atoms with Crippen molar-refractivity contribution in [2.45, 2.75) is 0 Å².